The number of hydrogen-bond acceptors (Lipinski definition) is 3. The minimum atomic E-state index is 0. The quantitative estimate of drug-likeness (QED) is 0.924. The highest BCUT2D eigenvalue weighted by atomic mass is 35.5. The van der Waals surface area contributed by atoms with E-state index in [1.807, 2.05) is 0 Å². The van der Waals surface area contributed by atoms with Crippen LogP contribution >= 0.6 is 12.4 Å². The second kappa shape index (κ2) is 8.02. The first-order chi connectivity index (χ1) is 9.81. The van der Waals surface area contributed by atoms with E-state index in [0.29, 0.717) is 12.1 Å². The molecular weight excluding hydrogens is 284 g/mol. The number of nitrogens with one attached hydrogen (secondary N) is 1. The third-order valence-electron chi connectivity index (χ3n) is 4.42. The lowest BCUT2D eigenvalue weighted by atomic mass is 10.1. The third-order valence-corrected chi connectivity index (χ3v) is 4.42. The highest BCUT2D eigenvalue weighted by Gasteiger charge is 2.20. The summed E-state index contributed by atoms with van der Waals surface area (Å²) in [5, 5.41) is 3.50. The van der Waals surface area contributed by atoms with E-state index in [1.165, 1.54) is 31.2 Å². The van der Waals surface area contributed by atoms with Crippen molar-refractivity contribution in [1.82, 2.24) is 10.2 Å². The molecule has 1 heterocycles. The standard InChI is InChI=1S/C17H26N2O.ClH/c1-14-12-19(11-10-18-14)13-15-6-2-5-9-17(15)20-16-7-3-4-8-16;/h2,5-6,9,14,16,18H,3-4,7-8,10-13H2,1H3;1H. The summed E-state index contributed by atoms with van der Waals surface area (Å²) in [4.78, 5) is 2.53. The summed E-state index contributed by atoms with van der Waals surface area (Å²) in [5.41, 5.74) is 1.34. The first-order valence-corrected chi connectivity index (χ1v) is 8.01. The van der Waals surface area contributed by atoms with Crippen molar-refractivity contribution in [2.24, 2.45) is 0 Å². The summed E-state index contributed by atoms with van der Waals surface area (Å²) >= 11 is 0. The summed E-state index contributed by atoms with van der Waals surface area (Å²) in [7, 11) is 0. The van der Waals surface area contributed by atoms with Gasteiger partial charge in [-0.2, -0.15) is 0 Å². The number of hydrogen-bond donors (Lipinski definition) is 1. The summed E-state index contributed by atoms with van der Waals surface area (Å²) in [5.74, 6) is 1.10. The van der Waals surface area contributed by atoms with Crippen LogP contribution in [0.2, 0.25) is 0 Å². The molecule has 1 atom stereocenters. The van der Waals surface area contributed by atoms with Gasteiger partial charge in [-0.05, 0) is 38.7 Å². The summed E-state index contributed by atoms with van der Waals surface area (Å²) in [6, 6.07) is 9.17. The first-order valence-electron chi connectivity index (χ1n) is 8.01. The molecule has 0 radical (unpaired) electrons. The average molecular weight is 311 g/mol. The van der Waals surface area contributed by atoms with E-state index in [1.54, 1.807) is 0 Å². The maximum Gasteiger partial charge on any atom is 0.124 e. The van der Waals surface area contributed by atoms with E-state index in [2.05, 4.69) is 41.4 Å². The van der Waals surface area contributed by atoms with Crippen LogP contribution in [-0.4, -0.2) is 36.7 Å². The van der Waals surface area contributed by atoms with Gasteiger partial charge in [0.1, 0.15) is 5.75 Å². The Morgan fingerprint density at radius 3 is 2.76 bits per heavy atom. The molecule has 3 rings (SSSR count). The molecule has 4 heteroatoms. The van der Waals surface area contributed by atoms with Gasteiger partial charge < -0.3 is 10.1 Å². The van der Waals surface area contributed by atoms with Crippen LogP contribution < -0.4 is 10.1 Å². The number of benzene rings is 1. The van der Waals surface area contributed by atoms with Crippen molar-refractivity contribution in [3.05, 3.63) is 29.8 Å². The van der Waals surface area contributed by atoms with Crippen LogP contribution in [-0.2, 0) is 6.54 Å². The van der Waals surface area contributed by atoms with Gasteiger partial charge in [0, 0.05) is 37.8 Å². The number of rotatable bonds is 4. The Labute approximate surface area is 134 Å². The molecule has 0 amide bonds. The molecule has 2 fully saturated rings. The molecule has 2 aliphatic rings. The molecule has 1 saturated heterocycles. The Hall–Kier alpha value is -0.770. The van der Waals surface area contributed by atoms with Gasteiger partial charge in [-0.1, -0.05) is 18.2 Å². The molecule has 0 aromatic heterocycles. The van der Waals surface area contributed by atoms with Crippen LogP contribution in [0, 0.1) is 0 Å². The summed E-state index contributed by atoms with van der Waals surface area (Å²) in [6.45, 7) is 6.61. The van der Waals surface area contributed by atoms with E-state index in [0.717, 1.165) is 31.9 Å². The molecular formula is C17H27ClN2O. The second-order valence-electron chi connectivity index (χ2n) is 6.22. The maximum atomic E-state index is 6.23. The smallest absolute Gasteiger partial charge is 0.124 e. The first kappa shape index (κ1) is 16.6. The van der Waals surface area contributed by atoms with Gasteiger partial charge in [0.15, 0.2) is 0 Å². The largest absolute Gasteiger partial charge is 0.490 e. The average Bonchev–Trinajstić information content (AvgIpc) is 2.94. The van der Waals surface area contributed by atoms with E-state index >= 15 is 0 Å². The van der Waals surface area contributed by atoms with Gasteiger partial charge in [0.25, 0.3) is 0 Å². The van der Waals surface area contributed by atoms with Crippen molar-refractivity contribution in [3.63, 3.8) is 0 Å². The van der Waals surface area contributed by atoms with Crippen molar-refractivity contribution in [1.29, 1.82) is 0 Å². The zero-order valence-corrected chi connectivity index (χ0v) is 13.7. The van der Waals surface area contributed by atoms with Crippen LogP contribution in [0.15, 0.2) is 24.3 Å². The fourth-order valence-corrected chi connectivity index (χ4v) is 3.33. The molecule has 3 nitrogen and oxygen atoms in total. The lowest BCUT2D eigenvalue weighted by Gasteiger charge is -2.32. The monoisotopic (exact) mass is 310 g/mol. The minimum Gasteiger partial charge on any atom is -0.490 e. The summed E-state index contributed by atoms with van der Waals surface area (Å²) < 4.78 is 6.23. The number of ether oxygens (including phenoxy) is 1. The lowest BCUT2D eigenvalue weighted by molar-refractivity contribution is 0.184. The molecule has 1 aliphatic carbocycles. The highest BCUT2D eigenvalue weighted by molar-refractivity contribution is 5.85. The van der Waals surface area contributed by atoms with E-state index in [-0.39, 0.29) is 12.4 Å². The normalized spacial score (nSPS) is 23.8. The molecule has 1 aromatic carbocycles. The Morgan fingerprint density at radius 1 is 1.24 bits per heavy atom. The van der Waals surface area contributed by atoms with Crippen molar-refractivity contribution >= 4 is 12.4 Å². The van der Waals surface area contributed by atoms with Crippen LogP contribution in [0.3, 0.4) is 0 Å². The van der Waals surface area contributed by atoms with Gasteiger partial charge in [0.2, 0.25) is 0 Å². The van der Waals surface area contributed by atoms with Crippen LogP contribution in [0.25, 0.3) is 0 Å². The van der Waals surface area contributed by atoms with E-state index in [9.17, 15) is 0 Å². The fraction of sp³-hybridized carbons (Fsp3) is 0.647. The molecule has 1 unspecified atom stereocenters. The fourth-order valence-electron chi connectivity index (χ4n) is 3.33. The van der Waals surface area contributed by atoms with Crippen molar-refractivity contribution < 1.29 is 4.74 Å². The number of para-hydroxylation sites is 1. The predicted octanol–water partition coefficient (Wildman–Crippen LogP) is 3.22. The molecule has 1 aromatic rings. The Kier molecular flexibility index (Phi) is 6.34. The Morgan fingerprint density at radius 2 is 2.00 bits per heavy atom. The van der Waals surface area contributed by atoms with Crippen LogP contribution in [0.1, 0.15) is 38.2 Å². The zero-order valence-electron chi connectivity index (χ0n) is 12.9. The molecule has 118 valence electrons. The van der Waals surface area contributed by atoms with Crippen LogP contribution in [0.4, 0.5) is 0 Å². The van der Waals surface area contributed by atoms with Gasteiger partial charge in [-0.15, -0.1) is 12.4 Å². The van der Waals surface area contributed by atoms with Crippen molar-refractivity contribution in [2.75, 3.05) is 19.6 Å². The van der Waals surface area contributed by atoms with Crippen molar-refractivity contribution in [3.8, 4) is 5.75 Å². The third kappa shape index (κ3) is 4.60. The highest BCUT2D eigenvalue weighted by Crippen LogP contribution is 2.27. The van der Waals surface area contributed by atoms with E-state index in [4.69, 9.17) is 4.74 Å². The minimum absolute atomic E-state index is 0. The molecule has 1 saturated carbocycles. The molecule has 21 heavy (non-hydrogen) atoms. The van der Waals surface area contributed by atoms with Gasteiger partial charge >= 0.3 is 0 Å². The SMILES string of the molecule is CC1CN(Cc2ccccc2OC2CCCC2)CCN1.Cl. The zero-order chi connectivity index (χ0) is 13.8. The van der Waals surface area contributed by atoms with Gasteiger partial charge in [-0.3, -0.25) is 4.90 Å². The van der Waals surface area contributed by atoms with Crippen molar-refractivity contribution in [2.45, 2.75) is 51.3 Å². The molecule has 0 spiro atoms. The van der Waals surface area contributed by atoms with Gasteiger partial charge in [0.05, 0.1) is 6.10 Å². The number of piperazine rings is 1. The number of halogens is 1. The maximum absolute atomic E-state index is 6.23. The summed E-state index contributed by atoms with van der Waals surface area (Å²) in [6.07, 6.45) is 5.53. The molecule has 1 N–H and O–H groups in total. The lowest BCUT2D eigenvalue weighted by Crippen LogP contribution is -2.48. The molecule has 1 aliphatic heterocycles. The predicted molar refractivity (Wildman–Crippen MR) is 89.3 cm³/mol. The van der Waals surface area contributed by atoms with Gasteiger partial charge in [-0.25, -0.2) is 0 Å². The van der Waals surface area contributed by atoms with Crippen LogP contribution in [0.5, 0.6) is 5.75 Å². The number of nitrogens with zero attached hydrogens (tertiary/aromatic N) is 1. The molecule has 0 bridgehead atoms. The Bertz CT molecular complexity index is 435. The topological polar surface area (TPSA) is 24.5 Å². The second-order valence-corrected chi connectivity index (χ2v) is 6.22. The Balaban J connectivity index is 0.00000161. The van der Waals surface area contributed by atoms with E-state index < -0.39 is 0 Å².